The molecule has 0 radical (unpaired) electrons. The molecule has 7 nitrogen and oxygen atoms in total. The van der Waals surface area contributed by atoms with Gasteiger partial charge in [0.2, 0.25) is 15.9 Å². The number of anilines is 1. The Balaban J connectivity index is 1.74. The van der Waals surface area contributed by atoms with Crippen molar-refractivity contribution in [3.63, 3.8) is 0 Å². The molecule has 0 bridgehead atoms. The topological polar surface area (TPSA) is 105 Å². The van der Waals surface area contributed by atoms with Crippen LogP contribution < -0.4 is 10.0 Å². The lowest BCUT2D eigenvalue weighted by Crippen LogP contribution is -2.26. The van der Waals surface area contributed by atoms with E-state index in [0.29, 0.717) is 26.1 Å². The van der Waals surface area contributed by atoms with Crippen molar-refractivity contribution in [3.8, 4) is 5.75 Å². The minimum atomic E-state index is -3.64. The van der Waals surface area contributed by atoms with Gasteiger partial charge < -0.3 is 15.2 Å². The number of sulfonamides is 1. The molecule has 24 heavy (non-hydrogen) atoms. The minimum Gasteiger partial charge on any atom is -0.506 e. The van der Waals surface area contributed by atoms with Crippen LogP contribution in [0.2, 0.25) is 0 Å². The number of nitrogens with one attached hydrogen (secondary N) is 2. The normalized spacial score (nSPS) is 21.9. The van der Waals surface area contributed by atoms with Crippen LogP contribution in [-0.4, -0.2) is 38.7 Å². The number of hydrogen-bond donors (Lipinski definition) is 3. The summed E-state index contributed by atoms with van der Waals surface area (Å²) in [5.41, 5.74) is 0.115. The second kappa shape index (κ2) is 7.08. The second-order valence-electron chi connectivity index (χ2n) is 6.30. The summed E-state index contributed by atoms with van der Waals surface area (Å²) < 4.78 is 32.4. The van der Waals surface area contributed by atoms with Gasteiger partial charge in [-0.25, -0.2) is 13.1 Å². The lowest BCUT2D eigenvalue weighted by atomic mass is 10.00. The fourth-order valence-electron chi connectivity index (χ4n) is 2.67. The molecule has 8 heteroatoms. The summed E-state index contributed by atoms with van der Waals surface area (Å²) in [5.74, 6) is -0.573. The van der Waals surface area contributed by atoms with E-state index in [9.17, 15) is 18.3 Å². The molecular formula is C16H22N2O5S. The molecule has 1 aromatic rings. The van der Waals surface area contributed by atoms with E-state index in [0.717, 1.165) is 19.3 Å². The quantitative estimate of drug-likeness (QED) is 0.697. The van der Waals surface area contributed by atoms with Crippen molar-refractivity contribution in [2.75, 3.05) is 18.5 Å². The van der Waals surface area contributed by atoms with Gasteiger partial charge in [0.25, 0.3) is 0 Å². The molecule has 1 unspecified atom stereocenters. The van der Waals surface area contributed by atoms with Crippen LogP contribution in [0.25, 0.3) is 0 Å². The molecule has 1 amide bonds. The van der Waals surface area contributed by atoms with Gasteiger partial charge in [-0.1, -0.05) is 0 Å². The van der Waals surface area contributed by atoms with Crippen LogP contribution in [0, 0.1) is 5.92 Å². The summed E-state index contributed by atoms with van der Waals surface area (Å²) in [5, 5.41) is 12.6. The van der Waals surface area contributed by atoms with Crippen molar-refractivity contribution in [2.24, 2.45) is 5.92 Å². The second-order valence-corrected chi connectivity index (χ2v) is 8.02. The maximum absolute atomic E-state index is 12.4. The molecule has 0 spiro atoms. The largest absolute Gasteiger partial charge is 0.506 e. The Labute approximate surface area is 141 Å². The third-order valence-electron chi connectivity index (χ3n) is 4.26. The van der Waals surface area contributed by atoms with Crippen molar-refractivity contribution >= 4 is 21.6 Å². The zero-order chi connectivity index (χ0) is 17.2. The zero-order valence-electron chi connectivity index (χ0n) is 13.3. The molecule has 1 saturated carbocycles. The third-order valence-corrected chi connectivity index (χ3v) is 5.78. The Bertz CT molecular complexity index is 707. The lowest BCUT2D eigenvalue weighted by molar-refractivity contribution is -0.120. The molecule has 2 fully saturated rings. The molecule has 1 atom stereocenters. The molecule has 1 saturated heterocycles. The highest BCUT2D eigenvalue weighted by atomic mass is 32.2. The monoisotopic (exact) mass is 354 g/mol. The summed E-state index contributed by atoms with van der Waals surface area (Å²) in [7, 11) is -3.64. The lowest BCUT2D eigenvalue weighted by Gasteiger charge is -2.15. The summed E-state index contributed by atoms with van der Waals surface area (Å²) in [6.07, 6.45) is 3.82. The highest BCUT2D eigenvalue weighted by molar-refractivity contribution is 7.89. The number of ether oxygens (including phenoxy) is 1. The maximum Gasteiger partial charge on any atom is 0.240 e. The Morgan fingerprint density at radius 2 is 1.96 bits per heavy atom. The van der Waals surface area contributed by atoms with Gasteiger partial charge >= 0.3 is 0 Å². The predicted octanol–water partition coefficient (Wildman–Crippen LogP) is 1.59. The summed E-state index contributed by atoms with van der Waals surface area (Å²) >= 11 is 0. The SMILES string of the molecule is O=C(Nc1cc(S(=O)(=O)NC2CC2)ccc1O)C1CCCOCC1. The van der Waals surface area contributed by atoms with Crippen molar-refractivity contribution in [3.05, 3.63) is 18.2 Å². The van der Waals surface area contributed by atoms with E-state index in [-0.39, 0.29) is 34.2 Å². The van der Waals surface area contributed by atoms with Crippen LogP contribution in [0.1, 0.15) is 32.1 Å². The summed E-state index contributed by atoms with van der Waals surface area (Å²) in [6.45, 7) is 1.18. The number of phenols is 1. The number of phenolic OH excluding ortho intramolecular Hbond substituents is 1. The average Bonchev–Trinajstić information content (AvgIpc) is 3.35. The van der Waals surface area contributed by atoms with E-state index in [1.54, 1.807) is 0 Å². The van der Waals surface area contributed by atoms with E-state index >= 15 is 0 Å². The standard InChI is InChI=1S/C16H22N2O5S/c19-15-6-5-13(24(21,22)18-12-3-4-12)10-14(15)17-16(20)11-2-1-8-23-9-7-11/h5-6,10-12,18-19H,1-4,7-9H2,(H,17,20). The highest BCUT2D eigenvalue weighted by Crippen LogP contribution is 2.29. The van der Waals surface area contributed by atoms with Crippen molar-refractivity contribution in [2.45, 2.75) is 43.0 Å². The number of carbonyl (C=O) groups is 1. The molecular weight excluding hydrogens is 332 g/mol. The zero-order valence-corrected chi connectivity index (χ0v) is 14.1. The van der Waals surface area contributed by atoms with Crippen LogP contribution in [0.4, 0.5) is 5.69 Å². The molecule has 1 aliphatic carbocycles. The first-order chi connectivity index (χ1) is 11.5. The first-order valence-electron chi connectivity index (χ1n) is 8.20. The van der Waals surface area contributed by atoms with Gasteiger partial charge in [-0.05, 0) is 50.3 Å². The van der Waals surface area contributed by atoms with E-state index in [2.05, 4.69) is 10.0 Å². The maximum atomic E-state index is 12.4. The van der Waals surface area contributed by atoms with Gasteiger partial charge in [-0.3, -0.25) is 4.79 Å². The fourth-order valence-corrected chi connectivity index (χ4v) is 4.00. The summed E-state index contributed by atoms with van der Waals surface area (Å²) in [4.78, 5) is 12.4. The average molecular weight is 354 g/mol. The Morgan fingerprint density at radius 1 is 1.17 bits per heavy atom. The minimum absolute atomic E-state index is 0.00664. The first kappa shape index (κ1) is 17.2. The van der Waals surface area contributed by atoms with Crippen LogP contribution in [0.5, 0.6) is 5.75 Å². The van der Waals surface area contributed by atoms with Gasteiger partial charge in [-0.2, -0.15) is 0 Å². The van der Waals surface area contributed by atoms with Gasteiger partial charge in [0.05, 0.1) is 10.6 Å². The van der Waals surface area contributed by atoms with Gasteiger partial charge in [-0.15, -0.1) is 0 Å². The Hall–Kier alpha value is -1.64. The van der Waals surface area contributed by atoms with Gasteiger partial charge in [0, 0.05) is 25.2 Å². The number of carbonyl (C=O) groups excluding carboxylic acids is 1. The Morgan fingerprint density at radius 3 is 2.71 bits per heavy atom. The van der Waals surface area contributed by atoms with Crippen molar-refractivity contribution in [1.82, 2.24) is 4.72 Å². The molecule has 3 rings (SSSR count). The highest BCUT2D eigenvalue weighted by Gasteiger charge is 2.28. The molecule has 1 heterocycles. The number of hydrogen-bond acceptors (Lipinski definition) is 5. The third kappa shape index (κ3) is 4.25. The molecule has 132 valence electrons. The van der Waals surface area contributed by atoms with Crippen LogP contribution in [0.15, 0.2) is 23.1 Å². The van der Waals surface area contributed by atoms with Crippen LogP contribution >= 0.6 is 0 Å². The van der Waals surface area contributed by atoms with Crippen LogP contribution in [0.3, 0.4) is 0 Å². The number of rotatable bonds is 5. The Kier molecular flexibility index (Phi) is 5.07. The molecule has 2 aliphatic rings. The predicted molar refractivity (Wildman–Crippen MR) is 88.2 cm³/mol. The first-order valence-corrected chi connectivity index (χ1v) is 9.68. The number of benzene rings is 1. The van der Waals surface area contributed by atoms with Crippen molar-refractivity contribution < 1.29 is 23.1 Å². The number of amides is 1. The summed E-state index contributed by atoms with van der Waals surface area (Å²) in [6, 6.07) is 3.90. The molecule has 1 aromatic carbocycles. The fraction of sp³-hybridized carbons (Fsp3) is 0.562. The van der Waals surface area contributed by atoms with E-state index in [1.165, 1.54) is 18.2 Å². The van der Waals surface area contributed by atoms with Gasteiger partial charge in [0.1, 0.15) is 5.75 Å². The smallest absolute Gasteiger partial charge is 0.240 e. The van der Waals surface area contributed by atoms with Crippen molar-refractivity contribution in [1.29, 1.82) is 0 Å². The van der Waals surface area contributed by atoms with Crippen LogP contribution in [-0.2, 0) is 19.6 Å². The van der Waals surface area contributed by atoms with Gasteiger partial charge in [0.15, 0.2) is 0 Å². The van der Waals surface area contributed by atoms with E-state index in [1.807, 2.05) is 0 Å². The van der Waals surface area contributed by atoms with E-state index in [4.69, 9.17) is 4.74 Å². The molecule has 1 aliphatic heterocycles. The van der Waals surface area contributed by atoms with E-state index < -0.39 is 10.0 Å². The molecule has 3 N–H and O–H groups in total. The molecule has 0 aromatic heterocycles. The number of aromatic hydroxyl groups is 1.